The number of aromatic nitrogens is 6. The predicted molar refractivity (Wildman–Crippen MR) is 250 cm³/mol. The van der Waals surface area contributed by atoms with Crippen LogP contribution in [0.3, 0.4) is 0 Å². The molecule has 2 saturated heterocycles. The number of piperidine rings is 1. The molecule has 1 atom stereocenters. The Morgan fingerprint density at radius 3 is 2.37 bits per heavy atom. The number of aryl methyl sites for hydroxylation is 1. The predicted octanol–water partition coefficient (Wildman–Crippen LogP) is 5.32. The van der Waals surface area contributed by atoms with Gasteiger partial charge in [-0.1, -0.05) is 12.1 Å². The first-order valence-corrected chi connectivity index (χ1v) is 24.0. The molecule has 4 amide bonds. The smallest absolute Gasteiger partial charge is 0.275 e. The summed E-state index contributed by atoms with van der Waals surface area (Å²) in [6.45, 7) is 7.61. The standard InChI is InChI=1S/C44H45BrN13O6P/c1-24-17-33(55-44-52-19-29(45)40(57-44)54-31-11-10-30-38(49-16-15-47-30)39(31)65(3,4)63)36(64-2)18-32(24)48-14-13-46-27-22-58(23-27)43(62)35-21-50-34(20-51-35)42(61)53-26-7-5-25(6-8-26)28-9-12-37(59)56-41(28)60/h5-8,10-11,15-21,27-28,46,48H,9,12-14,22-23H2,1-4H3,(H,53,61)(H,56,59,60)(H2,52,54,55,57). The molecular formula is C44H45BrN13O6P. The van der Waals surface area contributed by atoms with Gasteiger partial charge in [-0.3, -0.25) is 34.5 Å². The van der Waals surface area contributed by atoms with Crippen molar-refractivity contribution in [3.05, 3.63) is 107 Å². The Balaban J connectivity index is 0.798. The molecule has 0 aliphatic carbocycles. The molecule has 0 saturated carbocycles. The van der Waals surface area contributed by atoms with Crippen LogP contribution in [0.2, 0.25) is 0 Å². The molecule has 2 aliphatic heterocycles. The minimum Gasteiger partial charge on any atom is -0.494 e. The lowest BCUT2D eigenvalue weighted by Crippen LogP contribution is -2.60. The summed E-state index contributed by atoms with van der Waals surface area (Å²) in [5.74, 6) is -0.459. The Bertz CT molecular complexity index is 2860. The van der Waals surface area contributed by atoms with Crippen molar-refractivity contribution >= 4 is 97.6 Å². The third kappa shape index (κ3) is 10.2. The van der Waals surface area contributed by atoms with Gasteiger partial charge in [-0.15, -0.1) is 0 Å². The summed E-state index contributed by atoms with van der Waals surface area (Å²) in [5.41, 5.74) is 5.75. The first kappa shape index (κ1) is 44.7. The number of likely N-dealkylation sites (tertiary alicyclic amines) is 1. The Labute approximate surface area is 381 Å². The number of hydrogen-bond donors (Lipinski definition) is 6. The van der Waals surface area contributed by atoms with Gasteiger partial charge in [-0.25, -0.2) is 15.0 Å². The second kappa shape index (κ2) is 19.1. The summed E-state index contributed by atoms with van der Waals surface area (Å²) in [5, 5.41) is 19.2. The first-order chi connectivity index (χ1) is 31.2. The van der Waals surface area contributed by atoms with Gasteiger partial charge in [-0.05, 0) is 84.1 Å². The van der Waals surface area contributed by atoms with Crippen molar-refractivity contribution in [1.29, 1.82) is 0 Å². The van der Waals surface area contributed by atoms with Crippen LogP contribution in [0.4, 0.5) is 34.5 Å². The number of halogens is 1. The van der Waals surface area contributed by atoms with Crippen molar-refractivity contribution in [3.8, 4) is 5.75 Å². The number of carbonyl (C=O) groups is 4. The zero-order valence-electron chi connectivity index (χ0n) is 35.8. The number of rotatable bonds is 15. The lowest BCUT2D eigenvalue weighted by atomic mass is 9.90. The molecule has 6 N–H and O–H groups in total. The molecule has 0 radical (unpaired) electrons. The van der Waals surface area contributed by atoms with Gasteiger partial charge in [-0.2, -0.15) is 4.98 Å². The number of fused-ring (bicyclic) bond motifs is 1. The van der Waals surface area contributed by atoms with Gasteiger partial charge in [0.2, 0.25) is 17.8 Å². The Morgan fingerprint density at radius 2 is 1.65 bits per heavy atom. The van der Waals surface area contributed by atoms with Crippen LogP contribution in [0.25, 0.3) is 11.0 Å². The quantitative estimate of drug-likeness (QED) is 0.0433. The highest BCUT2D eigenvalue weighted by molar-refractivity contribution is 9.10. The summed E-state index contributed by atoms with van der Waals surface area (Å²) in [6, 6.07) is 14.4. The Hall–Kier alpha value is -6.89. The molecule has 1 unspecified atom stereocenters. The topological polar surface area (TPSA) is 247 Å². The molecule has 65 heavy (non-hydrogen) atoms. The van der Waals surface area contributed by atoms with Crippen LogP contribution in [0.1, 0.15) is 50.9 Å². The average molecular weight is 963 g/mol. The number of nitrogens with one attached hydrogen (secondary N) is 6. The van der Waals surface area contributed by atoms with Crippen LogP contribution >= 0.6 is 23.1 Å². The highest BCUT2D eigenvalue weighted by Crippen LogP contribution is 2.41. The van der Waals surface area contributed by atoms with Crippen molar-refractivity contribution in [3.63, 3.8) is 0 Å². The summed E-state index contributed by atoms with van der Waals surface area (Å²) in [4.78, 5) is 77.6. The third-order valence-electron chi connectivity index (χ3n) is 10.9. The zero-order valence-corrected chi connectivity index (χ0v) is 38.3. The zero-order chi connectivity index (χ0) is 45.8. The Morgan fingerprint density at radius 1 is 0.892 bits per heavy atom. The van der Waals surface area contributed by atoms with E-state index in [9.17, 15) is 23.7 Å². The highest BCUT2D eigenvalue weighted by atomic mass is 79.9. The number of hydrogen-bond acceptors (Lipinski definition) is 16. The van der Waals surface area contributed by atoms with E-state index in [4.69, 9.17) is 9.72 Å². The third-order valence-corrected chi connectivity index (χ3v) is 13.0. The molecule has 334 valence electrons. The second-order valence-electron chi connectivity index (χ2n) is 15.9. The molecule has 3 aromatic carbocycles. The number of ether oxygens (including phenoxy) is 1. The van der Waals surface area contributed by atoms with E-state index in [1.807, 2.05) is 31.2 Å². The van der Waals surface area contributed by atoms with Crippen molar-refractivity contribution in [2.45, 2.75) is 31.7 Å². The van der Waals surface area contributed by atoms with Crippen LogP contribution in [0.15, 0.2) is 84.0 Å². The van der Waals surface area contributed by atoms with Crippen molar-refractivity contribution in [2.75, 3.05) is 67.9 Å². The molecule has 0 bridgehead atoms. The lowest BCUT2D eigenvalue weighted by Gasteiger charge is -2.39. The van der Waals surface area contributed by atoms with Gasteiger partial charge in [0.15, 0.2) is 0 Å². The summed E-state index contributed by atoms with van der Waals surface area (Å²) in [7, 11) is -1.20. The fraction of sp³-hybridized carbons (Fsp3) is 0.273. The maximum atomic E-state index is 13.4. The van der Waals surface area contributed by atoms with E-state index in [1.165, 1.54) is 12.4 Å². The number of imide groups is 1. The second-order valence-corrected chi connectivity index (χ2v) is 19.9. The van der Waals surface area contributed by atoms with Crippen LogP contribution < -0.4 is 41.9 Å². The van der Waals surface area contributed by atoms with Crippen molar-refractivity contribution in [2.24, 2.45) is 0 Å². The summed E-state index contributed by atoms with van der Waals surface area (Å²) < 4.78 is 19.8. The SMILES string of the molecule is COc1cc(NCCNC2CN(C(=O)c3cnc(C(=O)Nc4ccc(C5CCC(=O)NC5=O)cc4)cn3)C2)c(C)cc1Nc1ncc(Br)c(Nc2ccc3nccnc3c2P(C)(C)=O)n1. The van der Waals surface area contributed by atoms with Gasteiger partial charge in [0.1, 0.15) is 35.6 Å². The minimum absolute atomic E-state index is 0.0437. The average Bonchev–Trinajstić information content (AvgIpc) is 3.27. The van der Waals surface area contributed by atoms with Gasteiger partial charge < -0.3 is 40.8 Å². The van der Waals surface area contributed by atoms with Crippen LogP contribution in [0.5, 0.6) is 5.75 Å². The summed E-state index contributed by atoms with van der Waals surface area (Å²) >= 11 is 3.54. The molecule has 2 aliphatic rings. The van der Waals surface area contributed by atoms with Crippen molar-refractivity contribution < 1.29 is 28.5 Å². The van der Waals surface area contributed by atoms with Crippen molar-refractivity contribution in [1.82, 2.24) is 45.4 Å². The van der Waals surface area contributed by atoms with E-state index in [-0.39, 0.29) is 41.6 Å². The van der Waals surface area contributed by atoms with Gasteiger partial charge in [0.05, 0.1) is 52.1 Å². The molecule has 6 aromatic rings. The minimum atomic E-state index is -2.79. The molecule has 21 heteroatoms. The number of benzene rings is 3. The number of carbonyl (C=O) groups excluding carboxylic acids is 4. The number of amides is 4. The van der Waals surface area contributed by atoms with Crippen LogP contribution in [0, 0.1) is 6.92 Å². The highest BCUT2D eigenvalue weighted by Gasteiger charge is 2.32. The maximum Gasteiger partial charge on any atom is 0.275 e. The van der Waals surface area contributed by atoms with E-state index in [2.05, 4.69) is 72.8 Å². The van der Waals surface area contributed by atoms with Gasteiger partial charge in [0.25, 0.3) is 11.8 Å². The number of anilines is 6. The van der Waals surface area contributed by atoms with Crippen LogP contribution in [-0.2, 0) is 14.2 Å². The summed E-state index contributed by atoms with van der Waals surface area (Å²) in [6.07, 6.45) is 8.08. The van der Waals surface area contributed by atoms with Crippen LogP contribution in [-0.4, -0.2) is 111 Å². The molecule has 19 nitrogen and oxygen atoms in total. The largest absolute Gasteiger partial charge is 0.494 e. The molecular weight excluding hydrogens is 917 g/mol. The number of methoxy groups -OCH3 is 1. The first-order valence-electron chi connectivity index (χ1n) is 20.6. The fourth-order valence-corrected chi connectivity index (χ4v) is 9.23. The normalized spacial score (nSPS) is 15.2. The van der Waals surface area contributed by atoms with E-state index in [0.29, 0.717) is 88.0 Å². The maximum absolute atomic E-state index is 13.4. The molecule has 5 heterocycles. The van der Waals surface area contributed by atoms with Gasteiger partial charge in [0, 0.05) is 74.7 Å². The molecule has 8 rings (SSSR count). The Kier molecular flexibility index (Phi) is 13.1. The van der Waals surface area contributed by atoms with E-state index in [1.54, 1.807) is 68.2 Å². The van der Waals surface area contributed by atoms with Gasteiger partial charge >= 0.3 is 0 Å². The molecule has 3 aromatic heterocycles. The van der Waals surface area contributed by atoms with E-state index >= 15 is 0 Å². The van der Waals surface area contributed by atoms with E-state index < -0.39 is 19.0 Å². The lowest BCUT2D eigenvalue weighted by molar-refractivity contribution is -0.134. The monoisotopic (exact) mass is 961 g/mol. The van der Waals surface area contributed by atoms with E-state index in [0.717, 1.165) is 16.8 Å². The molecule has 0 spiro atoms. The number of nitrogens with zero attached hydrogens (tertiary/aromatic N) is 7. The fourth-order valence-electron chi connectivity index (χ4n) is 7.55. The molecule has 2 fully saturated rings.